The molecule has 3 aromatic rings. The van der Waals surface area contributed by atoms with Crippen LogP contribution in [-0.4, -0.2) is 34.3 Å². The molecule has 158 valence electrons. The largest absolute Gasteiger partial charge is 0.379 e. The molecular formula is C26H24N6. The van der Waals surface area contributed by atoms with Crippen molar-refractivity contribution in [3.05, 3.63) is 101 Å². The molecule has 0 spiro atoms. The smallest absolute Gasteiger partial charge is 0.117 e. The maximum absolute atomic E-state index is 4.67. The van der Waals surface area contributed by atoms with Gasteiger partial charge in [-0.2, -0.15) is 10.0 Å². The van der Waals surface area contributed by atoms with Gasteiger partial charge in [-0.05, 0) is 28.9 Å². The summed E-state index contributed by atoms with van der Waals surface area (Å²) in [6.07, 6.45) is 9.09. The molecule has 32 heavy (non-hydrogen) atoms. The minimum absolute atomic E-state index is 0.155. The van der Waals surface area contributed by atoms with Gasteiger partial charge < -0.3 is 10.6 Å². The van der Waals surface area contributed by atoms with Crippen molar-refractivity contribution >= 4 is 23.5 Å². The SMILES string of the molecule is C1=Cc2ncc3c(c2NC1)NCC(C1N2C(c4ccccc4)NC(c4ccccc4)[N@]12)=C3. The molecule has 5 atom stereocenters. The van der Waals surface area contributed by atoms with E-state index in [1.807, 2.05) is 6.20 Å². The summed E-state index contributed by atoms with van der Waals surface area (Å²) in [6, 6.07) is 21.4. The molecule has 1 aromatic heterocycles. The van der Waals surface area contributed by atoms with Crippen LogP contribution in [0.4, 0.5) is 11.4 Å². The molecule has 6 heteroatoms. The summed E-state index contributed by atoms with van der Waals surface area (Å²) in [5.74, 6) is 0. The number of anilines is 2. The van der Waals surface area contributed by atoms with E-state index in [0.717, 1.165) is 35.7 Å². The Labute approximate surface area is 187 Å². The number of fused-ring (bicyclic) bond motifs is 4. The van der Waals surface area contributed by atoms with E-state index in [9.17, 15) is 0 Å². The molecule has 2 fully saturated rings. The number of rotatable bonds is 3. The van der Waals surface area contributed by atoms with Gasteiger partial charge in [0.05, 0.1) is 17.1 Å². The molecule has 2 aromatic carbocycles. The number of pyridine rings is 1. The monoisotopic (exact) mass is 420 g/mol. The molecule has 5 heterocycles. The quantitative estimate of drug-likeness (QED) is 0.553. The van der Waals surface area contributed by atoms with Crippen LogP contribution in [0.2, 0.25) is 0 Å². The van der Waals surface area contributed by atoms with Gasteiger partial charge in [0.1, 0.15) is 18.5 Å². The highest BCUT2D eigenvalue weighted by Crippen LogP contribution is 2.52. The van der Waals surface area contributed by atoms with Crippen LogP contribution in [0.1, 0.15) is 34.7 Å². The Bertz CT molecular complexity index is 1180. The third-order valence-electron chi connectivity index (χ3n) is 6.74. The van der Waals surface area contributed by atoms with E-state index < -0.39 is 0 Å². The first-order valence-corrected chi connectivity index (χ1v) is 11.2. The zero-order valence-electron chi connectivity index (χ0n) is 17.6. The maximum Gasteiger partial charge on any atom is 0.117 e. The topological polar surface area (TPSA) is 55.0 Å². The Morgan fingerprint density at radius 2 is 1.50 bits per heavy atom. The average molecular weight is 421 g/mol. The molecule has 0 saturated carbocycles. The van der Waals surface area contributed by atoms with Gasteiger partial charge in [0.25, 0.3) is 0 Å². The van der Waals surface area contributed by atoms with Crippen LogP contribution in [-0.2, 0) is 0 Å². The second-order valence-corrected chi connectivity index (χ2v) is 8.63. The summed E-state index contributed by atoms with van der Waals surface area (Å²) >= 11 is 0. The van der Waals surface area contributed by atoms with Crippen molar-refractivity contribution in [3.63, 3.8) is 0 Å². The predicted octanol–water partition coefficient (Wildman–Crippen LogP) is 4.19. The maximum atomic E-state index is 4.67. The highest BCUT2D eigenvalue weighted by molar-refractivity contribution is 5.88. The van der Waals surface area contributed by atoms with Gasteiger partial charge in [-0.15, -0.1) is 0 Å². The average Bonchev–Trinajstić information content (AvgIpc) is 3.48. The Balaban J connectivity index is 1.25. The Kier molecular flexibility index (Phi) is 3.99. The van der Waals surface area contributed by atoms with Crippen molar-refractivity contribution in [2.75, 3.05) is 23.7 Å². The van der Waals surface area contributed by atoms with E-state index in [1.165, 1.54) is 16.7 Å². The molecular weight excluding hydrogens is 396 g/mol. The molecule has 3 N–H and O–H groups in total. The van der Waals surface area contributed by atoms with E-state index in [0.29, 0.717) is 0 Å². The summed E-state index contributed by atoms with van der Waals surface area (Å²) < 4.78 is 0. The fourth-order valence-corrected chi connectivity index (χ4v) is 5.24. The standard InChI is InChI=1S/C26H24N6/c1-3-8-17(9-4-1)24-30-25(18-10-5-2-6-11-18)32-26(31(24)32)20-14-19-15-28-21-12-7-13-27-23(21)22(19)29-16-20/h1-12,14-15,24-27,29-30H,13,16H2/t24?,25?,26?,31-,32?/m1/s1. The number of benzene rings is 2. The van der Waals surface area contributed by atoms with Gasteiger partial charge in [-0.25, -0.2) is 0 Å². The van der Waals surface area contributed by atoms with Gasteiger partial charge >= 0.3 is 0 Å². The van der Waals surface area contributed by atoms with Crippen molar-refractivity contribution in [2.24, 2.45) is 0 Å². The van der Waals surface area contributed by atoms with E-state index >= 15 is 0 Å². The van der Waals surface area contributed by atoms with Crippen molar-refractivity contribution in [3.8, 4) is 0 Å². The van der Waals surface area contributed by atoms with Crippen molar-refractivity contribution < 1.29 is 0 Å². The first-order chi connectivity index (χ1) is 15.9. The zero-order chi connectivity index (χ0) is 21.1. The summed E-state index contributed by atoms with van der Waals surface area (Å²) in [6.45, 7) is 1.67. The Morgan fingerprint density at radius 1 is 0.812 bits per heavy atom. The summed E-state index contributed by atoms with van der Waals surface area (Å²) in [4.78, 5) is 4.67. The summed E-state index contributed by atoms with van der Waals surface area (Å²) in [7, 11) is 0. The summed E-state index contributed by atoms with van der Waals surface area (Å²) in [5, 5.41) is 15.9. The predicted molar refractivity (Wildman–Crippen MR) is 127 cm³/mol. The van der Waals surface area contributed by atoms with E-state index in [-0.39, 0.29) is 18.5 Å². The van der Waals surface area contributed by atoms with Crippen LogP contribution in [0.25, 0.3) is 12.2 Å². The van der Waals surface area contributed by atoms with Crippen LogP contribution < -0.4 is 16.0 Å². The number of hydrogen-bond donors (Lipinski definition) is 3. The highest BCUT2D eigenvalue weighted by atomic mass is 15.9. The fraction of sp³-hybridized carbons (Fsp3) is 0.192. The molecule has 2 saturated heterocycles. The zero-order valence-corrected chi connectivity index (χ0v) is 17.6. The summed E-state index contributed by atoms with van der Waals surface area (Å²) in [5.41, 5.74) is 8.38. The van der Waals surface area contributed by atoms with E-state index in [4.69, 9.17) is 0 Å². The first kappa shape index (κ1) is 18.2. The molecule has 0 aliphatic carbocycles. The van der Waals surface area contributed by atoms with Gasteiger partial charge in [-0.3, -0.25) is 10.3 Å². The van der Waals surface area contributed by atoms with Gasteiger partial charge in [-0.1, -0.05) is 66.7 Å². The molecule has 7 rings (SSSR count). The number of hydrazine groups is 1. The lowest BCUT2D eigenvalue weighted by Crippen LogP contribution is -2.31. The second kappa shape index (κ2) is 7.03. The lowest BCUT2D eigenvalue weighted by atomic mass is 10.0. The van der Waals surface area contributed by atoms with Crippen molar-refractivity contribution in [2.45, 2.75) is 18.5 Å². The van der Waals surface area contributed by atoms with Crippen molar-refractivity contribution in [1.82, 2.24) is 20.3 Å². The van der Waals surface area contributed by atoms with Gasteiger partial charge in [0.15, 0.2) is 0 Å². The van der Waals surface area contributed by atoms with Crippen LogP contribution >= 0.6 is 0 Å². The molecule has 0 bridgehead atoms. The number of nitrogens with zero attached hydrogens (tertiary/aromatic N) is 3. The van der Waals surface area contributed by atoms with Crippen LogP contribution in [0.15, 0.2) is 78.5 Å². The van der Waals surface area contributed by atoms with Crippen LogP contribution in [0, 0.1) is 0 Å². The van der Waals surface area contributed by atoms with Crippen molar-refractivity contribution in [1.29, 1.82) is 0 Å². The molecule has 4 aliphatic heterocycles. The van der Waals surface area contributed by atoms with E-state index in [1.54, 1.807) is 0 Å². The number of hydrogen-bond acceptors (Lipinski definition) is 6. The second-order valence-electron chi connectivity index (χ2n) is 8.63. The Morgan fingerprint density at radius 3 is 2.19 bits per heavy atom. The van der Waals surface area contributed by atoms with Gasteiger partial charge in [0, 0.05) is 24.8 Å². The third-order valence-corrected chi connectivity index (χ3v) is 6.74. The first-order valence-electron chi connectivity index (χ1n) is 11.2. The Hall–Kier alpha value is -3.45. The number of aromatic nitrogens is 1. The van der Waals surface area contributed by atoms with E-state index in [2.05, 4.69) is 110 Å². The lowest BCUT2D eigenvalue weighted by molar-refractivity contribution is 0.314. The molecule has 4 unspecified atom stereocenters. The molecule has 6 nitrogen and oxygen atoms in total. The minimum atomic E-state index is 0.155. The third kappa shape index (κ3) is 2.74. The number of nitrogens with one attached hydrogen (secondary N) is 3. The molecule has 4 aliphatic rings. The molecule has 0 radical (unpaired) electrons. The van der Waals surface area contributed by atoms with Gasteiger partial charge in [0.2, 0.25) is 0 Å². The molecule has 0 amide bonds. The fourth-order valence-electron chi connectivity index (χ4n) is 5.24. The van der Waals surface area contributed by atoms with Crippen LogP contribution in [0.5, 0.6) is 0 Å². The highest BCUT2D eigenvalue weighted by Gasteiger charge is 2.61. The van der Waals surface area contributed by atoms with Crippen LogP contribution in [0.3, 0.4) is 0 Å². The lowest BCUT2D eigenvalue weighted by Gasteiger charge is -2.26. The normalized spacial score (nSPS) is 29.1. The minimum Gasteiger partial charge on any atom is -0.379 e.